The fourth-order valence-electron chi connectivity index (χ4n) is 3.11. The Morgan fingerprint density at radius 2 is 1.73 bits per heavy atom. The number of sulfonamides is 1. The summed E-state index contributed by atoms with van der Waals surface area (Å²) in [5.74, 6) is 0.0816. The molecule has 0 spiro atoms. The van der Waals surface area contributed by atoms with Crippen molar-refractivity contribution in [3.63, 3.8) is 0 Å². The highest BCUT2D eigenvalue weighted by Crippen LogP contribution is 2.33. The molecule has 0 bridgehead atoms. The lowest BCUT2D eigenvalue weighted by Gasteiger charge is -2.08. The summed E-state index contributed by atoms with van der Waals surface area (Å²) in [6, 6.07) is 9.78. The van der Waals surface area contributed by atoms with Crippen LogP contribution < -0.4 is 4.72 Å². The van der Waals surface area contributed by atoms with Crippen molar-refractivity contribution in [3.8, 4) is 16.8 Å². The number of aryl methyl sites for hydroxylation is 1. The first-order chi connectivity index (χ1) is 14.0. The average molecular weight is 435 g/mol. The lowest BCUT2D eigenvalue weighted by Crippen LogP contribution is -2.10. The summed E-state index contributed by atoms with van der Waals surface area (Å²) in [4.78, 5) is 0. The summed E-state index contributed by atoms with van der Waals surface area (Å²) in [7, 11) is -1.85. The van der Waals surface area contributed by atoms with Crippen LogP contribution in [0.3, 0.4) is 0 Å². The van der Waals surface area contributed by atoms with E-state index < -0.39 is 21.8 Å². The predicted molar refractivity (Wildman–Crippen MR) is 107 cm³/mol. The van der Waals surface area contributed by atoms with Gasteiger partial charge in [0.1, 0.15) is 0 Å². The van der Waals surface area contributed by atoms with Crippen molar-refractivity contribution in [2.75, 3.05) is 11.0 Å². The zero-order valence-electron chi connectivity index (χ0n) is 15.8. The Morgan fingerprint density at radius 1 is 1.03 bits per heavy atom. The lowest BCUT2D eigenvalue weighted by molar-refractivity contribution is -0.137. The summed E-state index contributed by atoms with van der Waals surface area (Å²) >= 11 is 0. The Bertz CT molecular complexity index is 1340. The number of halogens is 3. The van der Waals surface area contributed by atoms with Crippen molar-refractivity contribution in [1.29, 1.82) is 0 Å². The third kappa shape index (κ3) is 3.88. The normalized spacial score (nSPS) is 12.4. The maximum Gasteiger partial charge on any atom is 0.416 e. The monoisotopic (exact) mass is 435 g/mol. The number of rotatable bonds is 4. The Morgan fingerprint density at radius 3 is 2.30 bits per heavy atom. The van der Waals surface area contributed by atoms with Crippen LogP contribution in [0.5, 0.6) is 0 Å². The number of anilines is 1. The summed E-state index contributed by atoms with van der Waals surface area (Å²) in [5, 5.41) is 8.93. The van der Waals surface area contributed by atoms with Crippen molar-refractivity contribution >= 4 is 26.7 Å². The molecule has 0 fully saturated rings. The molecule has 0 atom stereocenters. The highest BCUT2D eigenvalue weighted by molar-refractivity contribution is 7.92. The van der Waals surface area contributed by atoms with Crippen molar-refractivity contribution < 1.29 is 21.6 Å². The molecule has 11 heteroatoms. The molecule has 4 aromatic rings. The van der Waals surface area contributed by atoms with Gasteiger partial charge in [0.2, 0.25) is 10.0 Å². The summed E-state index contributed by atoms with van der Waals surface area (Å²) in [5.41, 5.74) is 1.74. The molecule has 30 heavy (non-hydrogen) atoms. The van der Waals surface area contributed by atoms with E-state index in [0.29, 0.717) is 16.6 Å². The van der Waals surface area contributed by atoms with Crippen LogP contribution in [0, 0.1) is 0 Å². The number of benzene rings is 2. The van der Waals surface area contributed by atoms with E-state index in [1.807, 2.05) is 12.3 Å². The number of fused-ring (bicyclic) bond motifs is 1. The zero-order chi connectivity index (χ0) is 21.7. The van der Waals surface area contributed by atoms with E-state index in [2.05, 4.69) is 14.9 Å². The minimum absolute atomic E-state index is 0.0816. The van der Waals surface area contributed by atoms with Crippen molar-refractivity contribution in [3.05, 3.63) is 60.4 Å². The van der Waals surface area contributed by atoms with Gasteiger partial charge in [0, 0.05) is 24.2 Å². The first-order valence-corrected chi connectivity index (χ1v) is 10.6. The second-order valence-corrected chi connectivity index (χ2v) is 8.56. The molecule has 0 saturated carbocycles. The summed E-state index contributed by atoms with van der Waals surface area (Å²) in [6.07, 6.45) is 0.0313. The zero-order valence-corrected chi connectivity index (χ0v) is 16.7. The Balaban J connectivity index is 1.88. The van der Waals surface area contributed by atoms with Gasteiger partial charge in [0.05, 0.1) is 29.2 Å². The summed E-state index contributed by atoms with van der Waals surface area (Å²) < 4.78 is 67.6. The first-order valence-electron chi connectivity index (χ1n) is 8.68. The topological polar surface area (TPSA) is 81.8 Å². The van der Waals surface area contributed by atoms with E-state index >= 15 is 0 Å². The molecule has 0 aliphatic heterocycles. The minimum Gasteiger partial charge on any atom is -0.275 e. The lowest BCUT2D eigenvalue weighted by atomic mass is 10.1. The molecule has 0 saturated heterocycles. The predicted octanol–water partition coefficient (Wildman–Crippen LogP) is 3.82. The van der Waals surface area contributed by atoms with Gasteiger partial charge < -0.3 is 0 Å². The van der Waals surface area contributed by atoms with Gasteiger partial charge in [0.25, 0.3) is 0 Å². The molecule has 0 aliphatic carbocycles. The molecule has 0 unspecified atom stereocenters. The molecular formula is C19H16F3N5O2S. The standard InChI is InChI=1S/C19H16F3N5O2S/c1-26-11-13(10-23-26)12-3-8-17-16(9-12)18(25-30(2,28)29)24-27(17)15-6-4-14(5-7-15)19(20,21)22/h3-11H,1-2H3,(H,24,25). The van der Waals surface area contributed by atoms with Crippen LogP contribution in [0.15, 0.2) is 54.9 Å². The van der Waals surface area contributed by atoms with Gasteiger partial charge >= 0.3 is 6.18 Å². The van der Waals surface area contributed by atoms with Crippen LogP contribution in [0.1, 0.15) is 5.56 Å². The highest BCUT2D eigenvalue weighted by Gasteiger charge is 2.30. The highest BCUT2D eigenvalue weighted by atomic mass is 32.2. The fourth-order valence-corrected chi connectivity index (χ4v) is 3.61. The second-order valence-electron chi connectivity index (χ2n) is 6.81. The number of hydrogen-bond donors (Lipinski definition) is 1. The van der Waals surface area contributed by atoms with Crippen LogP contribution in [0.4, 0.5) is 19.0 Å². The molecule has 4 rings (SSSR count). The first kappa shape index (κ1) is 20.0. The molecular weight excluding hydrogens is 419 g/mol. The molecule has 7 nitrogen and oxygen atoms in total. The number of hydrogen-bond acceptors (Lipinski definition) is 4. The average Bonchev–Trinajstić information content (AvgIpc) is 3.24. The van der Waals surface area contributed by atoms with E-state index in [1.54, 1.807) is 30.1 Å². The molecule has 0 amide bonds. The van der Waals surface area contributed by atoms with E-state index in [-0.39, 0.29) is 5.82 Å². The van der Waals surface area contributed by atoms with Gasteiger partial charge in [-0.15, -0.1) is 5.10 Å². The van der Waals surface area contributed by atoms with Crippen molar-refractivity contribution in [1.82, 2.24) is 19.6 Å². The SMILES string of the molecule is Cn1cc(-c2ccc3c(c2)c(NS(C)(=O)=O)nn3-c2ccc(C(F)(F)F)cc2)cn1. The van der Waals surface area contributed by atoms with E-state index in [1.165, 1.54) is 16.8 Å². The van der Waals surface area contributed by atoms with Gasteiger partial charge in [-0.05, 0) is 42.0 Å². The smallest absolute Gasteiger partial charge is 0.275 e. The van der Waals surface area contributed by atoms with Crippen LogP contribution in [-0.4, -0.2) is 34.2 Å². The number of alkyl halides is 3. The number of aromatic nitrogens is 4. The Labute approximate surface area is 169 Å². The molecule has 2 heterocycles. The van der Waals surface area contributed by atoms with Crippen molar-refractivity contribution in [2.45, 2.75) is 6.18 Å². The molecule has 0 aliphatic rings. The maximum absolute atomic E-state index is 12.9. The fraction of sp³-hybridized carbons (Fsp3) is 0.158. The Hall–Kier alpha value is -3.34. The van der Waals surface area contributed by atoms with Crippen LogP contribution in [0.2, 0.25) is 0 Å². The van der Waals surface area contributed by atoms with E-state index in [0.717, 1.165) is 29.5 Å². The van der Waals surface area contributed by atoms with Gasteiger partial charge in [-0.3, -0.25) is 9.40 Å². The van der Waals surface area contributed by atoms with Crippen molar-refractivity contribution in [2.24, 2.45) is 7.05 Å². The van der Waals surface area contributed by atoms with Crippen LogP contribution >= 0.6 is 0 Å². The second kappa shape index (κ2) is 6.87. The van der Waals surface area contributed by atoms with E-state index in [4.69, 9.17) is 0 Å². The molecule has 156 valence electrons. The van der Waals surface area contributed by atoms with Gasteiger partial charge in [-0.25, -0.2) is 13.1 Å². The third-order valence-corrected chi connectivity index (χ3v) is 5.00. The quantitative estimate of drug-likeness (QED) is 0.529. The number of nitrogens with one attached hydrogen (secondary N) is 1. The largest absolute Gasteiger partial charge is 0.416 e. The van der Waals surface area contributed by atoms with Gasteiger partial charge in [-0.2, -0.15) is 18.3 Å². The minimum atomic E-state index is -4.45. The van der Waals surface area contributed by atoms with Crippen LogP contribution in [-0.2, 0) is 23.2 Å². The molecule has 1 N–H and O–H groups in total. The third-order valence-electron chi connectivity index (χ3n) is 4.44. The van der Waals surface area contributed by atoms with Crippen LogP contribution in [0.25, 0.3) is 27.7 Å². The molecule has 2 aromatic heterocycles. The molecule has 2 aromatic carbocycles. The maximum atomic E-state index is 12.9. The Kier molecular flexibility index (Phi) is 4.57. The van der Waals surface area contributed by atoms with Gasteiger partial charge in [-0.1, -0.05) is 6.07 Å². The summed E-state index contributed by atoms with van der Waals surface area (Å²) in [6.45, 7) is 0. The number of nitrogens with zero attached hydrogens (tertiary/aromatic N) is 4. The molecule has 0 radical (unpaired) electrons. The van der Waals surface area contributed by atoms with E-state index in [9.17, 15) is 21.6 Å². The van der Waals surface area contributed by atoms with Gasteiger partial charge in [0.15, 0.2) is 5.82 Å².